The van der Waals surface area contributed by atoms with Crippen molar-refractivity contribution in [1.29, 1.82) is 0 Å². The average Bonchev–Trinajstić information content (AvgIpc) is 2.62. The van der Waals surface area contributed by atoms with Crippen molar-refractivity contribution in [3.8, 4) is 22.3 Å². The zero-order valence-corrected chi connectivity index (χ0v) is 13.3. The molecule has 3 aromatic carbocycles. The Morgan fingerprint density at radius 2 is 1.42 bits per heavy atom. The van der Waals surface area contributed by atoms with Crippen LogP contribution in [-0.2, 0) is 0 Å². The van der Waals surface area contributed by atoms with E-state index in [1.54, 1.807) is 13.1 Å². The summed E-state index contributed by atoms with van der Waals surface area (Å²) in [4.78, 5) is 11.4. The molecule has 4 heteroatoms. The number of benzene rings is 3. The van der Waals surface area contributed by atoms with Crippen LogP contribution in [0.3, 0.4) is 0 Å². The van der Waals surface area contributed by atoms with Crippen LogP contribution in [0.1, 0.15) is 10.4 Å². The van der Waals surface area contributed by atoms with Crippen molar-refractivity contribution in [1.82, 2.24) is 0 Å². The van der Waals surface area contributed by atoms with Gasteiger partial charge < -0.3 is 16.2 Å². The van der Waals surface area contributed by atoms with E-state index in [9.17, 15) is 9.90 Å². The van der Waals surface area contributed by atoms with Crippen LogP contribution in [0.25, 0.3) is 22.3 Å². The minimum absolute atomic E-state index is 0.101. The van der Waals surface area contributed by atoms with E-state index in [-0.39, 0.29) is 11.3 Å². The molecule has 0 bridgehead atoms. The number of nitrogens with two attached hydrogens (primary N) is 1. The number of nitrogen functional groups attached to an aromatic ring is 1. The van der Waals surface area contributed by atoms with Gasteiger partial charge in [-0.1, -0.05) is 54.6 Å². The molecule has 3 aromatic rings. The highest BCUT2D eigenvalue weighted by molar-refractivity contribution is 5.99. The minimum atomic E-state index is -1.04. The van der Waals surface area contributed by atoms with Gasteiger partial charge in [-0.3, -0.25) is 0 Å². The first-order valence-corrected chi connectivity index (χ1v) is 7.60. The molecule has 0 atom stereocenters. The highest BCUT2D eigenvalue weighted by atomic mass is 16.4. The molecule has 4 N–H and O–H groups in total. The van der Waals surface area contributed by atoms with Gasteiger partial charge in [-0.25, -0.2) is 4.79 Å². The molecular weight excluding hydrogens is 300 g/mol. The molecular formula is C20H18N2O2. The Labute approximate surface area is 140 Å². The molecule has 0 amide bonds. The zero-order chi connectivity index (χ0) is 17.1. The second kappa shape index (κ2) is 6.46. The van der Waals surface area contributed by atoms with Gasteiger partial charge in [-0.05, 0) is 34.4 Å². The van der Waals surface area contributed by atoms with Crippen molar-refractivity contribution >= 4 is 17.3 Å². The van der Waals surface area contributed by atoms with Crippen molar-refractivity contribution in [2.45, 2.75) is 0 Å². The molecule has 120 valence electrons. The fraction of sp³-hybridized carbons (Fsp3) is 0.0500. The summed E-state index contributed by atoms with van der Waals surface area (Å²) in [6, 6.07) is 21.6. The molecule has 0 fully saturated rings. The number of nitrogens with one attached hydrogen (secondary N) is 1. The quantitative estimate of drug-likeness (QED) is 0.625. The molecule has 0 heterocycles. The molecule has 24 heavy (non-hydrogen) atoms. The van der Waals surface area contributed by atoms with Crippen LogP contribution in [-0.4, -0.2) is 18.1 Å². The third-order valence-corrected chi connectivity index (χ3v) is 4.01. The lowest BCUT2D eigenvalue weighted by atomic mass is 9.97. The highest BCUT2D eigenvalue weighted by Gasteiger charge is 2.14. The van der Waals surface area contributed by atoms with Crippen LogP contribution < -0.4 is 11.1 Å². The van der Waals surface area contributed by atoms with Crippen molar-refractivity contribution in [3.05, 3.63) is 72.3 Å². The van der Waals surface area contributed by atoms with Crippen molar-refractivity contribution in [2.75, 3.05) is 18.1 Å². The molecule has 0 aliphatic rings. The molecule has 0 spiro atoms. The van der Waals surface area contributed by atoms with E-state index in [1.807, 2.05) is 48.5 Å². The summed E-state index contributed by atoms with van der Waals surface area (Å²) in [5.41, 5.74) is 10.9. The second-order valence-corrected chi connectivity index (χ2v) is 5.48. The first kappa shape index (κ1) is 15.6. The predicted molar refractivity (Wildman–Crippen MR) is 98.2 cm³/mol. The largest absolute Gasteiger partial charge is 0.478 e. The monoisotopic (exact) mass is 318 g/mol. The van der Waals surface area contributed by atoms with Crippen LogP contribution in [0.15, 0.2) is 66.7 Å². The summed E-state index contributed by atoms with van der Waals surface area (Å²) in [5.74, 6) is -1.04. The van der Waals surface area contributed by atoms with Crippen LogP contribution in [0.2, 0.25) is 0 Å². The fourth-order valence-corrected chi connectivity index (χ4v) is 2.69. The lowest BCUT2D eigenvalue weighted by molar-refractivity contribution is 0.0698. The molecule has 3 rings (SSSR count). The number of hydrogen-bond acceptors (Lipinski definition) is 3. The molecule has 0 aliphatic carbocycles. The van der Waals surface area contributed by atoms with Gasteiger partial charge in [0.05, 0.1) is 16.9 Å². The maximum atomic E-state index is 11.4. The van der Waals surface area contributed by atoms with Gasteiger partial charge in [-0.2, -0.15) is 0 Å². The Kier molecular flexibility index (Phi) is 4.20. The normalized spacial score (nSPS) is 10.4. The molecule has 0 saturated carbocycles. The summed E-state index contributed by atoms with van der Waals surface area (Å²) in [7, 11) is 1.72. The topological polar surface area (TPSA) is 75.3 Å². The van der Waals surface area contributed by atoms with Gasteiger partial charge in [0.2, 0.25) is 0 Å². The standard InChI is InChI=1S/C20H18N2O2/c1-22-18-12-16(11-17(19(18)21)20(23)24)15-9-7-14(8-10-15)13-5-3-2-4-6-13/h2-12,22H,21H2,1H3,(H,23,24). The van der Waals surface area contributed by atoms with Gasteiger partial charge in [0.15, 0.2) is 0 Å². The summed E-state index contributed by atoms with van der Waals surface area (Å²) in [5, 5.41) is 12.3. The first-order valence-electron chi connectivity index (χ1n) is 7.60. The molecule has 0 aliphatic heterocycles. The van der Waals surface area contributed by atoms with Gasteiger partial charge in [-0.15, -0.1) is 0 Å². The number of aromatic carboxylic acids is 1. The SMILES string of the molecule is CNc1cc(-c2ccc(-c3ccccc3)cc2)cc(C(=O)O)c1N. The van der Waals surface area contributed by atoms with E-state index in [1.165, 1.54) is 0 Å². The highest BCUT2D eigenvalue weighted by Crippen LogP contribution is 2.32. The molecule has 0 aromatic heterocycles. The third kappa shape index (κ3) is 2.94. The fourth-order valence-electron chi connectivity index (χ4n) is 2.69. The van der Waals surface area contributed by atoms with Crippen LogP contribution in [0.5, 0.6) is 0 Å². The van der Waals surface area contributed by atoms with E-state index >= 15 is 0 Å². The Morgan fingerprint density at radius 3 is 1.96 bits per heavy atom. The number of hydrogen-bond donors (Lipinski definition) is 3. The third-order valence-electron chi connectivity index (χ3n) is 4.01. The maximum absolute atomic E-state index is 11.4. The second-order valence-electron chi connectivity index (χ2n) is 5.48. The van der Waals surface area contributed by atoms with Crippen molar-refractivity contribution < 1.29 is 9.90 Å². The summed E-state index contributed by atoms with van der Waals surface area (Å²) < 4.78 is 0. The van der Waals surface area contributed by atoms with E-state index in [2.05, 4.69) is 17.4 Å². The van der Waals surface area contributed by atoms with Gasteiger partial charge >= 0.3 is 5.97 Å². The van der Waals surface area contributed by atoms with Gasteiger partial charge in [0.1, 0.15) is 0 Å². The average molecular weight is 318 g/mol. The lowest BCUT2D eigenvalue weighted by Gasteiger charge is -2.12. The summed E-state index contributed by atoms with van der Waals surface area (Å²) in [6.07, 6.45) is 0. The number of carbonyl (C=O) groups is 1. The Hall–Kier alpha value is -3.27. The van der Waals surface area contributed by atoms with E-state index in [0.29, 0.717) is 5.69 Å². The first-order chi connectivity index (χ1) is 11.6. The predicted octanol–water partition coefficient (Wildman–Crippen LogP) is 4.34. The van der Waals surface area contributed by atoms with Crippen LogP contribution in [0, 0.1) is 0 Å². The molecule has 0 saturated heterocycles. The Bertz CT molecular complexity index is 872. The number of carboxylic acid groups (broad SMARTS) is 1. The Balaban J connectivity index is 2.03. The van der Waals surface area contributed by atoms with E-state index in [4.69, 9.17) is 5.73 Å². The smallest absolute Gasteiger partial charge is 0.337 e. The van der Waals surface area contributed by atoms with Gasteiger partial charge in [0, 0.05) is 7.05 Å². The molecule has 0 unspecified atom stereocenters. The lowest BCUT2D eigenvalue weighted by Crippen LogP contribution is -2.06. The molecule has 4 nitrogen and oxygen atoms in total. The summed E-state index contributed by atoms with van der Waals surface area (Å²) >= 11 is 0. The maximum Gasteiger partial charge on any atom is 0.337 e. The van der Waals surface area contributed by atoms with Crippen molar-refractivity contribution in [2.24, 2.45) is 0 Å². The number of carboxylic acids is 1. The number of rotatable bonds is 4. The van der Waals surface area contributed by atoms with E-state index < -0.39 is 5.97 Å². The van der Waals surface area contributed by atoms with Crippen LogP contribution in [0.4, 0.5) is 11.4 Å². The van der Waals surface area contributed by atoms with Crippen LogP contribution >= 0.6 is 0 Å². The summed E-state index contributed by atoms with van der Waals surface area (Å²) in [6.45, 7) is 0. The Morgan fingerprint density at radius 1 is 0.875 bits per heavy atom. The minimum Gasteiger partial charge on any atom is -0.478 e. The van der Waals surface area contributed by atoms with Gasteiger partial charge in [0.25, 0.3) is 0 Å². The van der Waals surface area contributed by atoms with E-state index in [0.717, 1.165) is 22.3 Å². The number of anilines is 2. The zero-order valence-electron chi connectivity index (χ0n) is 13.3. The molecule has 0 radical (unpaired) electrons. The van der Waals surface area contributed by atoms with Crippen molar-refractivity contribution in [3.63, 3.8) is 0 Å².